The Balaban J connectivity index is 1.70. The molecule has 0 aliphatic carbocycles. The van der Waals surface area contributed by atoms with Crippen molar-refractivity contribution in [3.05, 3.63) is 47.5 Å². The molecule has 0 saturated carbocycles. The third kappa shape index (κ3) is 4.39. The molecule has 6 heteroatoms. The maximum atomic E-state index is 12.6. The van der Waals surface area contributed by atoms with Crippen LogP contribution in [-0.2, 0) is 0 Å². The Hall–Kier alpha value is -2.73. The molecule has 6 nitrogen and oxygen atoms in total. The van der Waals surface area contributed by atoms with E-state index in [4.69, 9.17) is 9.47 Å². The van der Waals surface area contributed by atoms with Gasteiger partial charge in [0, 0.05) is 43.1 Å². The minimum absolute atomic E-state index is 0.176. The second-order valence-electron chi connectivity index (χ2n) is 6.95. The number of nitrogens with zero attached hydrogens (tertiary/aromatic N) is 2. The largest absolute Gasteiger partial charge is 0.493 e. The van der Waals surface area contributed by atoms with Crippen molar-refractivity contribution >= 4 is 17.3 Å². The van der Waals surface area contributed by atoms with E-state index in [-0.39, 0.29) is 5.91 Å². The summed E-state index contributed by atoms with van der Waals surface area (Å²) in [5, 5.41) is 2.97. The highest BCUT2D eigenvalue weighted by Crippen LogP contribution is 2.29. The number of hydrogen-bond donors (Lipinski definition) is 1. The number of likely N-dealkylation sites (N-methyl/N-ethyl adjacent to an activating group) is 1. The van der Waals surface area contributed by atoms with Crippen molar-refractivity contribution < 1.29 is 14.3 Å². The van der Waals surface area contributed by atoms with Gasteiger partial charge in [-0.2, -0.15) is 0 Å². The van der Waals surface area contributed by atoms with Gasteiger partial charge in [-0.05, 0) is 55.4 Å². The third-order valence-electron chi connectivity index (χ3n) is 5.26. The van der Waals surface area contributed by atoms with Crippen molar-refractivity contribution in [2.75, 3.05) is 57.2 Å². The molecule has 0 atom stereocenters. The third-order valence-corrected chi connectivity index (χ3v) is 5.26. The van der Waals surface area contributed by atoms with Crippen LogP contribution in [0.15, 0.2) is 36.4 Å². The average molecular weight is 383 g/mol. The number of hydrogen-bond acceptors (Lipinski definition) is 5. The van der Waals surface area contributed by atoms with Crippen molar-refractivity contribution in [2.45, 2.75) is 13.8 Å². The first-order valence-corrected chi connectivity index (χ1v) is 9.67. The number of aryl methyl sites for hydroxylation is 1. The summed E-state index contributed by atoms with van der Waals surface area (Å²) < 4.78 is 10.5. The molecular weight excluding hydrogens is 354 g/mol. The Kier molecular flexibility index (Phi) is 6.41. The molecule has 0 bridgehead atoms. The summed E-state index contributed by atoms with van der Waals surface area (Å²) in [7, 11) is 3.13. The van der Waals surface area contributed by atoms with E-state index >= 15 is 0 Å². The first kappa shape index (κ1) is 20.0. The lowest BCUT2D eigenvalue weighted by molar-refractivity contribution is 0.102. The van der Waals surface area contributed by atoms with Crippen LogP contribution in [0, 0.1) is 6.92 Å². The molecule has 1 saturated heterocycles. The Morgan fingerprint density at radius 2 is 1.71 bits per heavy atom. The second-order valence-corrected chi connectivity index (χ2v) is 6.95. The summed E-state index contributed by atoms with van der Waals surface area (Å²) in [5.74, 6) is 0.958. The summed E-state index contributed by atoms with van der Waals surface area (Å²) in [6.07, 6.45) is 0. The van der Waals surface area contributed by atoms with Gasteiger partial charge in [0.05, 0.1) is 14.2 Å². The number of carbonyl (C=O) groups is 1. The number of carbonyl (C=O) groups excluding carboxylic acids is 1. The van der Waals surface area contributed by atoms with E-state index in [0.29, 0.717) is 17.1 Å². The zero-order valence-electron chi connectivity index (χ0n) is 17.1. The van der Waals surface area contributed by atoms with Crippen LogP contribution >= 0.6 is 0 Å². The molecular formula is C22H29N3O3. The van der Waals surface area contributed by atoms with Crippen LogP contribution in [0.25, 0.3) is 0 Å². The van der Waals surface area contributed by atoms with Crippen LogP contribution in [0.2, 0.25) is 0 Å². The molecule has 0 unspecified atom stereocenters. The van der Waals surface area contributed by atoms with E-state index in [1.165, 1.54) is 5.69 Å². The van der Waals surface area contributed by atoms with E-state index in [2.05, 4.69) is 35.0 Å². The minimum Gasteiger partial charge on any atom is -0.493 e. The lowest BCUT2D eigenvalue weighted by Gasteiger charge is -2.36. The number of methoxy groups -OCH3 is 2. The average Bonchev–Trinajstić information content (AvgIpc) is 2.73. The SMILES string of the molecule is CCN1CCN(c2ccc(NC(=O)c3ccc(OC)c(OC)c3)cc2C)CC1. The zero-order chi connectivity index (χ0) is 20.1. The van der Waals surface area contributed by atoms with Gasteiger partial charge in [0.2, 0.25) is 0 Å². The molecule has 1 heterocycles. The lowest BCUT2D eigenvalue weighted by Crippen LogP contribution is -2.46. The molecule has 1 N–H and O–H groups in total. The monoisotopic (exact) mass is 383 g/mol. The smallest absolute Gasteiger partial charge is 0.255 e. The molecule has 2 aromatic rings. The summed E-state index contributed by atoms with van der Waals surface area (Å²) in [6, 6.07) is 11.2. The number of anilines is 2. The summed E-state index contributed by atoms with van der Waals surface area (Å²) in [5.41, 5.74) is 3.71. The van der Waals surface area contributed by atoms with E-state index in [9.17, 15) is 4.79 Å². The van der Waals surface area contributed by atoms with E-state index in [1.54, 1.807) is 32.4 Å². The Bertz CT molecular complexity index is 830. The van der Waals surface area contributed by atoms with Crippen molar-refractivity contribution in [1.82, 2.24) is 4.90 Å². The molecule has 0 aromatic heterocycles. The number of rotatable bonds is 6. The van der Waals surface area contributed by atoms with Gasteiger partial charge in [0.15, 0.2) is 11.5 Å². The molecule has 1 amide bonds. The van der Waals surface area contributed by atoms with Gasteiger partial charge < -0.3 is 24.6 Å². The van der Waals surface area contributed by atoms with Gasteiger partial charge in [-0.15, -0.1) is 0 Å². The Labute approximate surface area is 167 Å². The predicted molar refractivity (Wildman–Crippen MR) is 113 cm³/mol. The molecule has 1 aliphatic rings. The molecule has 0 radical (unpaired) electrons. The first-order valence-electron chi connectivity index (χ1n) is 9.67. The highest BCUT2D eigenvalue weighted by atomic mass is 16.5. The molecule has 2 aromatic carbocycles. The minimum atomic E-state index is -0.176. The Morgan fingerprint density at radius 1 is 1.00 bits per heavy atom. The maximum Gasteiger partial charge on any atom is 0.255 e. The van der Waals surface area contributed by atoms with Crippen molar-refractivity contribution in [3.63, 3.8) is 0 Å². The van der Waals surface area contributed by atoms with Gasteiger partial charge in [0.25, 0.3) is 5.91 Å². The van der Waals surface area contributed by atoms with Crippen molar-refractivity contribution in [2.24, 2.45) is 0 Å². The number of piperazine rings is 1. The molecule has 0 spiro atoms. The van der Waals surface area contributed by atoms with Crippen LogP contribution in [0.5, 0.6) is 11.5 Å². The van der Waals surface area contributed by atoms with Crippen LogP contribution in [0.3, 0.4) is 0 Å². The van der Waals surface area contributed by atoms with Crippen LogP contribution < -0.4 is 19.7 Å². The number of benzene rings is 2. The normalized spacial score (nSPS) is 14.6. The summed E-state index contributed by atoms with van der Waals surface area (Å²) in [6.45, 7) is 9.65. The van der Waals surface area contributed by atoms with Gasteiger partial charge in [-0.25, -0.2) is 0 Å². The topological polar surface area (TPSA) is 54.0 Å². The fourth-order valence-electron chi connectivity index (χ4n) is 3.57. The van der Waals surface area contributed by atoms with Gasteiger partial charge in [-0.1, -0.05) is 6.92 Å². The van der Waals surface area contributed by atoms with E-state index in [0.717, 1.165) is 44.0 Å². The fraction of sp³-hybridized carbons (Fsp3) is 0.409. The number of amides is 1. The predicted octanol–water partition coefficient (Wildman–Crippen LogP) is 3.41. The van der Waals surface area contributed by atoms with Crippen molar-refractivity contribution in [1.29, 1.82) is 0 Å². The highest BCUT2D eigenvalue weighted by Gasteiger charge is 2.18. The number of ether oxygens (including phenoxy) is 2. The zero-order valence-corrected chi connectivity index (χ0v) is 17.1. The van der Waals surface area contributed by atoms with E-state index < -0.39 is 0 Å². The van der Waals surface area contributed by atoms with Crippen LogP contribution in [0.4, 0.5) is 11.4 Å². The quantitative estimate of drug-likeness (QED) is 0.829. The summed E-state index contributed by atoms with van der Waals surface area (Å²) in [4.78, 5) is 17.5. The van der Waals surface area contributed by atoms with E-state index in [1.807, 2.05) is 12.1 Å². The lowest BCUT2D eigenvalue weighted by atomic mass is 10.1. The second kappa shape index (κ2) is 8.97. The maximum absolute atomic E-state index is 12.6. The molecule has 1 fully saturated rings. The summed E-state index contributed by atoms with van der Waals surface area (Å²) >= 11 is 0. The van der Waals surface area contributed by atoms with Gasteiger partial charge in [-0.3, -0.25) is 4.79 Å². The highest BCUT2D eigenvalue weighted by molar-refractivity contribution is 6.04. The molecule has 150 valence electrons. The Morgan fingerprint density at radius 3 is 2.32 bits per heavy atom. The first-order chi connectivity index (χ1) is 13.5. The van der Waals surface area contributed by atoms with Crippen molar-refractivity contribution in [3.8, 4) is 11.5 Å². The standard InChI is InChI=1S/C22H29N3O3/c1-5-24-10-12-25(13-11-24)19-8-7-18(14-16(19)2)23-22(26)17-6-9-20(27-3)21(15-17)28-4/h6-9,14-15H,5,10-13H2,1-4H3,(H,23,26). The molecule has 1 aliphatic heterocycles. The fourth-order valence-corrected chi connectivity index (χ4v) is 3.57. The van der Waals surface area contributed by atoms with Gasteiger partial charge >= 0.3 is 0 Å². The van der Waals surface area contributed by atoms with Gasteiger partial charge in [0.1, 0.15) is 0 Å². The molecule has 28 heavy (non-hydrogen) atoms. The number of nitrogens with one attached hydrogen (secondary N) is 1. The van der Waals surface area contributed by atoms with Crippen LogP contribution in [-0.4, -0.2) is 57.8 Å². The molecule has 3 rings (SSSR count). The van der Waals surface area contributed by atoms with Crippen LogP contribution in [0.1, 0.15) is 22.8 Å².